The van der Waals surface area contributed by atoms with E-state index in [0.29, 0.717) is 5.92 Å². The largest absolute Gasteiger partial charge is 0.469 e. The summed E-state index contributed by atoms with van der Waals surface area (Å²) in [6.45, 7) is 2.12. The smallest absolute Gasteiger partial charge is 0.372 e. The van der Waals surface area contributed by atoms with E-state index in [0.717, 1.165) is 25.7 Å². The van der Waals surface area contributed by atoms with Crippen molar-refractivity contribution in [3.8, 4) is 5.88 Å². The second kappa shape index (κ2) is 6.49. The van der Waals surface area contributed by atoms with Crippen molar-refractivity contribution in [1.82, 2.24) is 9.97 Å². The normalized spacial score (nSPS) is 22.3. The molecule has 7 heteroatoms. The number of ether oxygens (including phenoxy) is 1. The molecular weight excluding hydrogens is 260 g/mol. The van der Waals surface area contributed by atoms with Crippen molar-refractivity contribution in [3.63, 3.8) is 0 Å². The molecule has 0 amide bonds. The number of aromatic nitrogens is 2. The van der Waals surface area contributed by atoms with Gasteiger partial charge in [0.1, 0.15) is 12.4 Å². The molecule has 0 radical (unpaired) electrons. The van der Waals surface area contributed by atoms with E-state index in [1.165, 1.54) is 12.7 Å². The van der Waals surface area contributed by atoms with E-state index >= 15 is 0 Å². The second-order valence-electron chi connectivity index (χ2n) is 4.99. The average molecular weight is 280 g/mol. The Hall–Kier alpha value is -1.92. The van der Waals surface area contributed by atoms with Gasteiger partial charge in [-0.3, -0.25) is 10.1 Å². The Balaban J connectivity index is 2.26. The lowest BCUT2D eigenvalue weighted by atomic mass is 9.85. The van der Waals surface area contributed by atoms with Gasteiger partial charge in [0.25, 0.3) is 5.88 Å². The number of anilines is 1. The highest BCUT2D eigenvalue weighted by Gasteiger charge is 2.30. The lowest BCUT2D eigenvalue weighted by Gasteiger charge is -2.30. The van der Waals surface area contributed by atoms with Crippen molar-refractivity contribution < 1.29 is 9.66 Å². The van der Waals surface area contributed by atoms with Gasteiger partial charge in [0.15, 0.2) is 0 Å². The quantitative estimate of drug-likeness (QED) is 0.658. The molecule has 110 valence electrons. The Kier molecular flexibility index (Phi) is 4.70. The number of nitrogens with zero attached hydrogens (tertiary/aromatic N) is 3. The zero-order valence-electron chi connectivity index (χ0n) is 11.8. The van der Waals surface area contributed by atoms with Crippen LogP contribution in [0.3, 0.4) is 0 Å². The second-order valence-corrected chi connectivity index (χ2v) is 4.99. The van der Waals surface area contributed by atoms with Crippen LogP contribution in [0.4, 0.5) is 11.5 Å². The SMILES string of the molecule is CCC1CCCCC1Oc1ncnc(NC)c1[N+](=O)[O-]. The predicted octanol–water partition coefficient (Wildman–Crippen LogP) is 2.77. The Labute approximate surface area is 117 Å². The highest BCUT2D eigenvalue weighted by atomic mass is 16.6. The van der Waals surface area contributed by atoms with Gasteiger partial charge in [0.05, 0.1) is 4.92 Å². The molecule has 1 fully saturated rings. The van der Waals surface area contributed by atoms with Crippen LogP contribution in [0, 0.1) is 16.0 Å². The van der Waals surface area contributed by atoms with Crippen LogP contribution in [0.2, 0.25) is 0 Å². The molecule has 2 atom stereocenters. The highest BCUT2D eigenvalue weighted by molar-refractivity contribution is 5.60. The van der Waals surface area contributed by atoms with Crippen LogP contribution in [0.15, 0.2) is 6.33 Å². The first-order chi connectivity index (χ1) is 9.67. The molecule has 0 spiro atoms. The van der Waals surface area contributed by atoms with Crippen LogP contribution in [0.5, 0.6) is 5.88 Å². The number of hydrogen-bond acceptors (Lipinski definition) is 6. The number of hydrogen-bond donors (Lipinski definition) is 1. The molecule has 1 aliphatic rings. The van der Waals surface area contributed by atoms with E-state index < -0.39 is 4.92 Å². The van der Waals surface area contributed by atoms with Crippen molar-refractivity contribution in [3.05, 3.63) is 16.4 Å². The third-order valence-corrected chi connectivity index (χ3v) is 3.83. The molecule has 20 heavy (non-hydrogen) atoms. The topological polar surface area (TPSA) is 90.2 Å². The molecule has 1 aliphatic carbocycles. The zero-order valence-corrected chi connectivity index (χ0v) is 11.8. The van der Waals surface area contributed by atoms with Crippen molar-refractivity contribution in [2.75, 3.05) is 12.4 Å². The van der Waals surface area contributed by atoms with Crippen LogP contribution in [-0.4, -0.2) is 28.0 Å². The summed E-state index contributed by atoms with van der Waals surface area (Å²) in [5.41, 5.74) is -0.185. The van der Waals surface area contributed by atoms with E-state index in [9.17, 15) is 10.1 Å². The standard InChI is InChI=1S/C13H20N4O3/c1-3-9-6-4-5-7-10(9)20-13-11(17(18)19)12(14-2)15-8-16-13/h8-10H,3-7H2,1-2H3,(H,14,15,16). The minimum atomic E-state index is -0.495. The minimum Gasteiger partial charge on any atom is -0.469 e. The van der Waals surface area contributed by atoms with E-state index in [4.69, 9.17) is 4.74 Å². The number of nitrogens with one attached hydrogen (secondary N) is 1. The van der Waals surface area contributed by atoms with Crippen LogP contribution >= 0.6 is 0 Å². The molecule has 0 saturated heterocycles. The van der Waals surface area contributed by atoms with Gasteiger partial charge in [-0.15, -0.1) is 0 Å². The molecule has 1 aromatic rings. The lowest BCUT2D eigenvalue weighted by Crippen LogP contribution is -2.30. The van der Waals surface area contributed by atoms with Gasteiger partial charge in [-0.05, 0) is 31.6 Å². The third kappa shape index (κ3) is 2.97. The molecule has 7 nitrogen and oxygen atoms in total. The van der Waals surface area contributed by atoms with E-state index in [2.05, 4.69) is 22.2 Å². The van der Waals surface area contributed by atoms with Gasteiger partial charge < -0.3 is 10.1 Å². The fraction of sp³-hybridized carbons (Fsp3) is 0.692. The van der Waals surface area contributed by atoms with E-state index in [1.54, 1.807) is 7.05 Å². The summed E-state index contributed by atoms with van der Waals surface area (Å²) in [7, 11) is 1.59. The summed E-state index contributed by atoms with van der Waals surface area (Å²) in [5.74, 6) is 0.694. The fourth-order valence-corrected chi connectivity index (χ4v) is 2.74. The number of rotatable bonds is 5. The van der Waals surface area contributed by atoms with Crippen molar-refractivity contribution in [2.24, 2.45) is 5.92 Å². The lowest BCUT2D eigenvalue weighted by molar-refractivity contribution is -0.385. The Morgan fingerprint density at radius 3 is 2.85 bits per heavy atom. The zero-order chi connectivity index (χ0) is 14.5. The van der Waals surface area contributed by atoms with Gasteiger partial charge in [-0.2, -0.15) is 4.98 Å². The maximum atomic E-state index is 11.2. The first kappa shape index (κ1) is 14.5. The van der Waals surface area contributed by atoms with Crippen LogP contribution in [0.25, 0.3) is 0 Å². The maximum absolute atomic E-state index is 11.2. The van der Waals surface area contributed by atoms with E-state index in [1.807, 2.05) is 0 Å². The van der Waals surface area contributed by atoms with E-state index in [-0.39, 0.29) is 23.5 Å². The molecule has 2 unspecified atom stereocenters. The first-order valence-corrected chi connectivity index (χ1v) is 7.01. The predicted molar refractivity (Wildman–Crippen MR) is 74.9 cm³/mol. The summed E-state index contributed by atoms with van der Waals surface area (Å²) < 4.78 is 5.86. The molecule has 0 aliphatic heterocycles. The monoisotopic (exact) mass is 280 g/mol. The van der Waals surface area contributed by atoms with Crippen LogP contribution in [-0.2, 0) is 0 Å². The molecule has 1 N–H and O–H groups in total. The van der Waals surface area contributed by atoms with Gasteiger partial charge in [-0.25, -0.2) is 4.98 Å². The molecule has 0 bridgehead atoms. The van der Waals surface area contributed by atoms with Gasteiger partial charge >= 0.3 is 5.69 Å². The summed E-state index contributed by atoms with van der Waals surface area (Å²) in [4.78, 5) is 18.5. The summed E-state index contributed by atoms with van der Waals surface area (Å²) in [5, 5.41) is 13.9. The van der Waals surface area contributed by atoms with Gasteiger partial charge in [-0.1, -0.05) is 13.3 Å². The summed E-state index contributed by atoms with van der Waals surface area (Å²) in [6, 6.07) is 0. The summed E-state index contributed by atoms with van der Waals surface area (Å²) >= 11 is 0. The highest BCUT2D eigenvalue weighted by Crippen LogP contribution is 2.35. The first-order valence-electron chi connectivity index (χ1n) is 7.01. The van der Waals surface area contributed by atoms with Crippen molar-refractivity contribution in [1.29, 1.82) is 0 Å². The summed E-state index contributed by atoms with van der Waals surface area (Å²) in [6.07, 6.45) is 6.64. The average Bonchev–Trinajstić information content (AvgIpc) is 2.47. The van der Waals surface area contributed by atoms with Crippen molar-refractivity contribution in [2.45, 2.75) is 45.1 Å². The number of nitro groups is 1. The third-order valence-electron chi connectivity index (χ3n) is 3.83. The molecule has 1 saturated carbocycles. The van der Waals surface area contributed by atoms with Crippen molar-refractivity contribution >= 4 is 11.5 Å². The fourth-order valence-electron chi connectivity index (χ4n) is 2.74. The van der Waals surface area contributed by atoms with Crippen LogP contribution in [0.1, 0.15) is 39.0 Å². The Morgan fingerprint density at radius 1 is 1.45 bits per heavy atom. The van der Waals surface area contributed by atoms with Crippen LogP contribution < -0.4 is 10.1 Å². The Bertz CT molecular complexity index is 481. The molecule has 0 aromatic carbocycles. The molecule has 1 heterocycles. The Morgan fingerprint density at radius 2 is 2.20 bits per heavy atom. The molecule has 1 aromatic heterocycles. The molecule has 2 rings (SSSR count). The maximum Gasteiger partial charge on any atom is 0.372 e. The van der Waals surface area contributed by atoms with Gasteiger partial charge in [0.2, 0.25) is 5.82 Å². The minimum absolute atomic E-state index is 0.00653. The molecular formula is C13H20N4O3. The van der Waals surface area contributed by atoms with Gasteiger partial charge in [0, 0.05) is 7.05 Å².